The Bertz CT molecular complexity index is 1280. The molecule has 1 N–H and O–H groups in total. The molecule has 1 atom stereocenters. The van der Waals surface area contributed by atoms with Crippen LogP contribution in [0, 0.1) is 11.7 Å². The molecule has 0 saturated heterocycles. The van der Waals surface area contributed by atoms with Crippen LogP contribution < -0.4 is 14.8 Å². The van der Waals surface area contributed by atoms with Crippen molar-refractivity contribution in [2.75, 3.05) is 19.5 Å². The van der Waals surface area contributed by atoms with E-state index in [4.69, 9.17) is 9.47 Å². The Labute approximate surface area is 208 Å². The molecule has 0 bridgehead atoms. The number of hydrogen-bond donors (Lipinski definition) is 1. The molecule has 0 saturated carbocycles. The summed E-state index contributed by atoms with van der Waals surface area (Å²) in [6, 6.07) is 10.0. The van der Waals surface area contributed by atoms with Gasteiger partial charge in [0.15, 0.2) is 17.3 Å². The number of anilines is 1. The lowest BCUT2D eigenvalue weighted by atomic mass is 9.89. The van der Waals surface area contributed by atoms with E-state index in [1.807, 2.05) is 19.1 Å². The van der Waals surface area contributed by atoms with Gasteiger partial charge in [0.2, 0.25) is 5.91 Å². The van der Waals surface area contributed by atoms with Crippen molar-refractivity contribution in [1.82, 2.24) is 15.0 Å². The number of ether oxygens (including phenoxy) is 2. The molecule has 4 rings (SSSR count). The van der Waals surface area contributed by atoms with Gasteiger partial charge < -0.3 is 14.8 Å². The van der Waals surface area contributed by atoms with E-state index in [0.717, 1.165) is 5.56 Å². The number of carbonyl (C=O) groups excluding carboxylic acids is 2. The Kier molecular flexibility index (Phi) is 7.53. The molecule has 3 aromatic rings. The van der Waals surface area contributed by atoms with Crippen molar-refractivity contribution in [3.8, 4) is 11.5 Å². The minimum absolute atomic E-state index is 0.00452. The zero-order valence-electron chi connectivity index (χ0n) is 20.2. The Hall–Kier alpha value is -4.34. The third kappa shape index (κ3) is 5.17. The predicted molar refractivity (Wildman–Crippen MR) is 131 cm³/mol. The molecule has 2 heterocycles. The summed E-state index contributed by atoms with van der Waals surface area (Å²) >= 11 is 0. The van der Waals surface area contributed by atoms with Crippen LogP contribution in [0.2, 0.25) is 0 Å². The minimum atomic E-state index is -0.540. The van der Waals surface area contributed by atoms with Gasteiger partial charge >= 0.3 is 0 Å². The number of hydrogen-bond acceptors (Lipinski definition) is 7. The number of nitrogens with one attached hydrogen (secondary N) is 1. The first-order chi connectivity index (χ1) is 17.4. The molecular weight excluding hydrogens is 465 g/mol. The van der Waals surface area contributed by atoms with Crippen molar-refractivity contribution >= 4 is 23.2 Å². The topological polar surface area (TPSA) is 106 Å². The van der Waals surface area contributed by atoms with Crippen LogP contribution in [0.5, 0.6) is 11.5 Å². The van der Waals surface area contributed by atoms with Gasteiger partial charge in [-0.3, -0.25) is 14.6 Å². The maximum absolute atomic E-state index is 14.3. The van der Waals surface area contributed by atoms with Crippen LogP contribution in [-0.4, -0.2) is 46.7 Å². The van der Waals surface area contributed by atoms with E-state index in [2.05, 4.69) is 20.4 Å². The smallest absolute Gasteiger partial charge is 0.275 e. The van der Waals surface area contributed by atoms with E-state index in [9.17, 15) is 14.0 Å². The maximum Gasteiger partial charge on any atom is 0.275 e. The molecule has 1 unspecified atom stereocenters. The monoisotopic (exact) mass is 491 g/mol. The summed E-state index contributed by atoms with van der Waals surface area (Å²) in [5.41, 5.74) is 2.84. The van der Waals surface area contributed by atoms with E-state index >= 15 is 0 Å². The molecule has 0 radical (unpaired) electrons. The van der Waals surface area contributed by atoms with Crippen LogP contribution in [-0.2, 0) is 11.3 Å². The van der Waals surface area contributed by atoms with E-state index in [-0.39, 0.29) is 47.9 Å². The van der Waals surface area contributed by atoms with E-state index < -0.39 is 5.82 Å². The summed E-state index contributed by atoms with van der Waals surface area (Å²) < 4.78 is 24.9. The fourth-order valence-corrected chi connectivity index (χ4v) is 4.03. The second-order valence-electron chi connectivity index (χ2n) is 8.15. The summed E-state index contributed by atoms with van der Waals surface area (Å²) in [6.45, 7) is 2.21. The third-order valence-electron chi connectivity index (χ3n) is 5.91. The van der Waals surface area contributed by atoms with Crippen LogP contribution >= 0.6 is 0 Å². The van der Waals surface area contributed by atoms with Crippen LogP contribution in [0.15, 0.2) is 60.1 Å². The molecule has 2 aromatic carbocycles. The Morgan fingerprint density at radius 3 is 2.50 bits per heavy atom. The number of nitrogens with zero attached hydrogens (tertiary/aromatic N) is 4. The normalized spacial score (nSPS) is 15.3. The van der Waals surface area contributed by atoms with Gasteiger partial charge in [-0.1, -0.05) is 19.1 Å². The fraction of sp³-hybridized carbons (Fsp3) is 0.269. The molecule has 1 aliphatic heterocycles. The Morgan fingerprint density at radius 2 is 1.86 bits per heavy atom. The summed E-state index contributed by atoms with van der Waals surface area (Å²) in [5.74, 6) is -0.926. The van der Waals surface area contributed by atoms with Gasteiger partial charge in [0.05, 0.1) is 32.7 Å². The zero-order chi connectivity index (χ0) is 25.7. The quantitative estimate of drug-likeness (QED) is 0.510. The van der Waals surface area contributed by atoms with Gasteiger partial charge in [0, 0.05) is 36.0 Å². The Balaban J connectivity index is 1.57. The van der Waals surface area contributed by atoms with Crippen molar-refractivity contribution in [3.05, 3.63) is 77.6 Å². The lowest BCUT2D eigenvalue weighted by molar-refractivity contribution is -0.133. The van der Waals surface area contributed by atoms with Gasteiger partial charge in [0.25, 0.3) is 5.91 Å². The number of carbonyl (C=O) groups is 2. The van der Waals surface area contributed by atoms with Crippen LogP contribution in [0.4, 0.5) is 10.1 Å². The molecule has 1 aliphatic rings. The average Bonchev–Trinajstić information content (AvgIpc) is 2.91. The Morgan fingerprint density at radius 1 is 1.11 bits per heavy atom. The number of methoxy groups -OCH3 is 2. The van der Waals surface area contributed by atoms with E-state index in [1.165, 1.54) is 43.9 Å². The molecule has 10 heteroatoms. The van der Waals surface area contributed by atoms with Gasteiger partial charge in [-0.25, -0.2) is 14.4 Å². The average molecular weight is 492 g/mol. The van der Waals surface area contributed by atoms with Gasteiger partial charge in [-0.05, 0) is 36.2 Å². The number of rotatable bonds is 8. The molecule has 0 aliphatic carbocycles. The highest BCUT2D eigenvalue weighted by Gasteiger charge is 2.32. The number of amides is 2. The number of hydrazone groups is 1. The summed E-state index contributed by atoms with van der Waals surface area (Å²) in [6.07, 6.45) is 5.28. The summed E-state index contributed by atoms with van der Waals surface area (Å²) in [5, 5.41) is 8.83. The number of halogens is 1. The lowest BCUT2D eigenvalue weighted by Crippen LogP contribution is -2.37. The van der Waals surface area contributed by atoms with Crippen molar-refractivity contribution in [1.29, 1.82) is 0 Å². The number of aromatic nitrogens is 2. The predicted octanol–water partition coefficient (Wildman–Crippen LogP) is 4.05. The molecule has 186 valence electrons. The first-order valence-corrected chi connectivity index (χ1v) is 11.4. The highest BCUT2D eigenvalue weighted by atomic mass is 19.1. The van der Waals surface area contributed by atoms with Gasteiger partial charge in [-0.15, -0.1) is 0 Å². The first kappa shape index (κ1) is 24.8. The molecule has 2 amide bonds. The van der Waals surface area contributed by atoms with Crippen LogP contribution in [0.25, 0.3) is 0 Å². The highest BCUT2D eigenvalue weighted by Crippen LogP contribution is 2.37. The molecular formula is C26H26FN5O4. The molecule has 36 heavy (non-hydrogen) atoms. The fourth-order valence-electron chi connectivity index (χ4n) is 4.03. The second-order valence-corrected chi connectivity index (χ2v) is 8.15. The lowest BCUT2D eigenvalue weighted by Gasteiger charge is -2.30. The van der Waals surface area contributed by atoms with Crippen LogP contribution in [0.1, 0.15) is 41.4 Å². The first-order valence-electron chi connectivity index (χ1n) is 11.4. The summed E-state index contributed by atoms with van der Waals surface area (Å²) in [4.78, 5) is 33.0. The second kappa shape index (κ2) is 10.9. The van der Waals surface area contributed by atoms with Gasteiger partial charge in [0.1, 0.15) is 5.69 Å². The SMILES string of the molecule is CCC1CC(=O)N(Cc2ccc(NC(=O)c3cnccn3)cc2)N=C1c1ccc(F)c(OC)c1OC. The van der Waals surface area contributed by atoms with Crippen molar-refractivity contribution < 1.29 is 23.5 Å². The van der Waals surface area contributed by atoms with Gasteiger partial charge in [-0.2, -0.15) is 5.10 Å². The molecule has 9 nitrogen and oxygen atoms in total. The number of benzene rings is 2. The van der Waals surface area contributed by atoms with Crippen molar-refractivity contribution in [3.63, 3.8) is 0 Å². The van der Waals surface area contributed by atoms with E-state index in [0.29, 0.717) is 23.4 Å². The third-order valence-corrected chi connectivity index (χ3v) is 5.91. The standard InChI is InChI=1S/C26H26FN5O4/c1-4-17-13-22(33)32(31-23(17)19-9-10-20(27)25(36-3)24(19)35-2)15-16-5-7-18(8-6-16)30-26(34)21-14-28-11-12-29-21/h5-12,14,17H,4,13,15H2,1-3H3,(H,30,34). The summed E-state index contributed by atoms with van der Waals surface area (Å²) in [7, 11) is 2.82. The zero-order valence-corrected chi connectivity index (χ0v) is 20.2. The molecule has 0 fully saturated rings. The minimum Gasteiger partial charge on any atom is -0.492 e. The van der Waals surface area contributed by atoms with Crippen molar-refractivity contribution in [2.24, 2.45) is 11.0 Å². The molecule has 1 aromatic heterocycles. The largest absolute Gasteiger partial charge is 0.492 e. The molecule has 0 spiro atoms. The van der Waals surface area contributed by atoms with Crippen molar-refractivity contribution in [2.45, 2.75) is 26.3 Å². The highest BCUT2D eigenvalue weighted by molar-refractivity contribution is 6.08. The maximum atomic E-state index is 14.3. The van der Waals surface area contributed by atoms with E-state index in [1.54, 1.807) is 18.2 Å². The van der Waals surface area contributed by atoms with Crippen LogP contribution in [0.3, 0.4) is 0 Å².